The Kier molecular flexibility index (Phi) is 4.13. The first-order chi connectivity index (χ1) is 8.70. The van der Waals surface area contributed by atoms with Crippen LogP contribution in [0.5, 0.6) is 0 Å². The summed E-state index contributed by atoms with van der Waals surface area (Å²) in [5.41, 5.74) is 1.86. The molecule has 0 radical (unpaired) electrons. The van der Waals surface area contributed by atoms with E-state index in [1.165, 1.54) is 18.5 Å². The molecule has 1 aliphatic heterocycles. The molecule has 0 aromatic heterocycles. The van der Waals surface area contributed by atoms with E-state index in [1.54, 1.807) is 6.08 Å². The van der Waals surface area contributed by atoms with Crippen molar-refractivity contribution in [2.24, 2.45) is 4.99 Å². The van der Waals surface area contributed by atoms with E-state index >= 15 is 0 Å². The number of hydrogen-bond donors (Lipinski definition) is 0. The van der Waals surface area contributed by atoms with Gasteiger partial charge in [-0.15, -0.1) is 0 Å². The van der Waals surface area contributed by atoms with Crippen LogP contribution in [-0.2, 0) is 4.79 Å². The lowest BCUT2D eigenvalue weighted by atomic mass is 10.0. The minimum atomic E-state index is 0.617. The van der Waals surface area contributed by atoms with Crippen molar-refractivity contribution < 1.29 is 4.79 Å². The summed E-state index contributed by atoms with van der Waals surface area (Å²) < 4.78 is 0. The van der Waals surface area contributed by atoms with Crippen LogP contribution < -0.4 is 4.90 Å². The third-order valence-electron chi connectivity index (χ3n) is 3.52. The van der Waals surface area contributed by atoms with Crippen molar-refractivity contribution in [2.75, 3.05) is 32.1 Å². The number of hydrogen-bond acceptors (Lipinski definition) is 4. The molecule has 4 heteroatoms. The average molecular weight is 245 g/mol. The van der Waals surface area contributed by atoms with Crippen molar-refractivity contribution in [3.8, 4) is 0 Å². The summed E-state index contributed by atoms with van der Waals surface area (Å²) >= 11 is 0. The van der Waals surface area contributed by atoms with Gasteiger partial charge in [0.05, 0.1) is 5.69 Å². The van der Waals surface area contributed by atoms with Gasteiger partial charge in [0.15, 0.2) is 0 Å². The van der Waals surface area contributed by atoms with Crippen LogP contribution in [0.2, 0.25) is 0 Å². The molecule has 2 rings (SSSR count). The van der Waals surface area contributed by atoms with Crippen LogP contribution in [0.3, 0.4) is 0 Å². The lowest BCUT2D eigenvalue weighted by Gasteiger charge is -2.37. The van der Waals surface area contributed by atoms with Crippen LogP contribution in [0.25, 0.3) is 0 Å². The first-order valence-electron chi connectivity index (χ1n) is 6.30. The second-order valence-corrected chi connectivity index (χ2v) is 4.93. The van der Waals surface area contributed by atoms with E-state index in [9.17, 15) is 4.79 Å². The third-order valence-corrected chi connectivity index (χ3v) is 3.52. The van der Waals surface area contributed by atoms with Crippen LogP contribution in [0.4, 0.5) is 11.4 Å². The zero-order valence-corrected chi connectivity index (χ0v) is 11.0. The van der Waals surface area contributed by atoms with Gasteiger partial charge in [0.2, 0.25) is 6.08 Å². The van der Waals surface area contributed by atoms with Crippen molar-refractivity contribution in [3.05, 3.63) is 24.3 Å². The predicted octanol–water partition coefficient (Wildman–Crippen LogP) is 2.18. The number of anilines is 1. The average Bonchev–Trinajstić information content (AvgIpc) is 2.40. The second-order valence-electron chi connectivity index (χ2n) is 4.93. The van der Waals surface area contributed by atoms with Crippen LogP contribution in [0.15, 0.2) is 29.3 Å². The first kappa shape index (κ1) is 12.8. The Hall–Kier alpha value is -1.64. The van der Waals surface area contributed by atoms with Gasteiger partial charge in [-0.1, -0.05) is 0 Å². The Labute approximate surface area is 108 Å². The summed E-state index contributed by atoms with van der Waals surface area (Å²) in [6.07, 6.45) is 4.04. The highest BCUT2D eigenvalue weighted by Gasteiger charge is 2.21. The van der Waals surface area contributed by atoms with Gasteiger partial charge in [-0.3, -0.25) is 0 Å². The van der Waals surface area contributed by atoms with Gasteiger partial charge in [0.25, 0.3) is 0 Å². The Balaban J connectivity index is 2.08. The zero-order chi connectivity index (χ0) is 13.0. The minimum absolute atomic E-state index is 0.617. The van der Waals surface area contributed by atoms with E-state index < -0.39 is 0 Å². The van der Waals surface area contributed by atoms with Crippen LogP contribution in [-0.4, -0.2) is 44.2 Å². The molecule has 1 saturated heterocycles. The van der Waals surface area contributed by atoms with Crippen LogP contribution in [0.1, 0.15) is 12.8 Å². The molecule has 1 aliphatic rings. The fraction of sp³-hybridized carbons (Fsp3) is 0.500. The third kappa shape index (κ3) is 2.97. The standard InChI is InChI=1S/C14H19N3O/c1-16(2)14-4-3-9-17(10-14)13-7-5-12(6-8-13)15-11-18/h5-8,14H,3-4,9-10H2,1-2H3. The smallest absolute Gasteiger partial charge is 0.240 e. The molecule has 1 atom stereocenters. The number of carbonyl (C=O) groups excluding carboxylic acids is 1. The predicted molar refractivity (Wildman–Crippen MR) is 73.1 cm³/mol. The maximum Gasteiger partial charge on any atom is 0.240 e. The van der Waals surface area contributed by atoms with E-state index in [0.717, 1.165) is 13.1 Å². The van der Waals surface area contributed by atoms with Crippen molar-refractivity contribution in [1.29, 1.82) is 0 Å². The van der Waals surface area contributed by atoms with E-state index in [0.29, 0.717) is 11.7 Å². The Morgan fingerprint density at radius 3 is 2.67 bits per heavy atom. The van der Waals surface area contributed by atoms with Crippen LogP contribution in [0, 0.1) is 0 Å². The summed E-state index contributed by atoms with van der Waals surface area (Å²) in [6, 6.07) is 8.38. The number of likely N-dealkylation sites (N-methyl/N-ethyl adjacent to an activating group) is 1. The molecule has 1 fully saturated rings. The fourth-order valence-corrected chi connectivity index (χ4v) is 2.40. The molecule has 0 spiro atoms. The highest BCUT2D eigenvalue weighted by atomic mass is 16.1. The minimum Gasteiger partial charge on any atom is -0.370 e. The molecule has 1 heterocycles. The summed E-state index contributed by atoms with van der Waals surface area (Å²) in [5.74, 6) is 0. The molecule has 0 N–H and O–H groups in total. The number of aliphatic imine (C=N–C) groups is 1. The summed E-state index contributed by atoms with van der Waals surface area (Å²) in [6.45, 7) is 2.16. The van der Waals surface area contributed by atoms with E-state index in [4.69, 9.17) is 0 Å². The number of rotatable bonds is 3. The number of nitrogens with zero attached hydrogens (tertiary/aromatic N) is 3. The van der Waals surface area contributed by atoms with Crippen LogP contribution >= 0.6 is 0 Å². The molecule has 1 aromatic carbocycles. The Bertz CT molecular complexity index is 435. The molecule has 0 amide bonds. The maximum absolute atomic E-state index is 10.2. The SMILES string of the molecule is CN(C)C1CCCN(c2ccc(N=C=O)cc2)C1. The molecular formula is C14H19N3O. The Morgan fingerprint density at radius 2 is 2.06 bits per heavy atom. The highest BCUT2D eigenvalue weighted by molar-refractivity contribution is 5.56. The van der Waals surface area contributed by atoms with E-state index in [2.05, 4.69) is 28.9 Å². The number of piperidine rings is 1. The Morgan fingerprint density at radius 1 is 1.33 bits per heavy atom. The first-order valence-corrected chi connectivity index (χ1v) is 6.30. The fourth-order valence-electron chi connectivity index (χ4n) is 2.40. The van der Waals surface area contributed by atoms with Crippen molar-refractivity contribution >= 4 is 17.5 Å². The molecule has 1 unspecified atom stereocenters. The second kappa shape index (κ2) is 5.80. The largest absolute Gasteiger partial charge is 0.370 e. The van der Waals surface area contributed by atoms with E-state index in [-0.39, 0.29) is 0 Å². The normalized spacial score (nSPS) is 19.7. The molecule has 18 heavy (non-hydrogen) atoms. The number of benzene rings is 1. The van der Waals surface area contributed by atoms with Gasteiger partial charge in [0, 0.05) is 24.8 Å². The lowest BCUT2D eigenvalue weighted by Crippen LogP contribution is -2.45. The molecule has 0 saturated carbocycles. The van der Waals surface area contributed by atoms with Gasteiger partial charge in [0.1, 0.15) is 0 Å². The molecule has 96 valence electrons. The van der Waals surface area contributed by atoms with Crippen molar-refractivity contribution in [2.45, 2.75) is 18.9 Å². The quantitative estimate of drug-likeness (QED) is 0.605. The molecule has 0 aliphatic carbocycles. The lowest BCUT2D eigenvalue weighted by molar-refractivity contribution is 0.258. The summed E-state index contributed by atoms with van der Waals surface area (Å²) in [7, 11) is 4.27. The molecular weight excluding hydrogens is 226 g/mol. The monoisotopic (exact) mass is 245 g/mol. The maximum atomic E-state index is 10.2. The summed E-state index contributed by atoms with van der Waals surface area (Å²) in [4.78, 5) is 18.5. The van der Waals surface area contributed by atoms with Gasteiger partial charge >= 0.3 is 0 Å². The van der Waals surface area contributed by atoms with Gasteiger partial charge in [-0.25, -0.2) is 4.79 Å². The van der Waals surface area contributed by atoms with Crippen molar-refractivity contribution in [3.63, 3.8) is 0 Å². The number of isocyanates is 1. The highest BCUT2D eigenvalue weighted by Crippen LogP contribution is 2.23. The van der Waals surface area contributed by atoms with Gasteiger partial charge < -0.3 is 9.80 Å². The van der Waals surface area contributed by atoms with Crippen molar-refractivity contribution in [1.82, 2.24) is 4.90 Å². The zero-order valence-electron chi connectivity index (χ0n) is 11.0. The van der Waals surface area contributed by atoms with Gasteiger partial charge in [-0.05, 0) is 51.2 Å². The molecule has 1 aromatic rings. The summed E-state index contributed by atoms with van der Waals surface area (Å²) in [5, 5.41) is 0. The molecule has 4 nitrogen and oxygen atoms in total. The molecule has 0 bridgehead atoms. The topological polar surface area (TPSA) is 35.9 Å². The van der Waals surface area contributed by atoms with E-state index in [1.807, 2.05) is 24.3 Å². The van der Waals surface area contributed by atoms with Gasteiger partial charge in [-0.2, -0.15) is 4.99 Å².